The number of rotatable bonds is 6. The average Bonchev–Trinajstić information content (AvgIpc) is 2.15. The lowest BCUT2D eigenvalue weighted by Crippen LogP contribution is -2.09. The monoisotopic (exact) mass is 176 g/mol. The van der Waals surface area contributed by atoms with Crippen LogP contribution in [0.4, 0.5) is 0 Å². The summed E-state index contributed by atoms with van der Waals surface area (Å²) in [5.41, 5.74) is -0.0213. The molecule has 0 saturated carbocycles. The molecule has 0 aromatic heterocycles. The largest absolute Gasteiger partial charge is 0.103 e. The standard InChI is InChI=1S/C13H20/c1-5-9-12-13(8-4,10-6-2)11-7-3/h6-9,11-12H,2,4-5,10H2,1,3H3. The zero-order valence-electron chi connectivity index (χ0n) is 8.79. The highest BCUT2D eigenvalue weighted by molar-refractivity contribution is 5.21. The predicted octanol–water partition coefficient (Wildman–Crippen LogP) is 4.28. The highest BCUT2D eigenvalue weighted by atomic mass is 14.2. The van der Waals surface area contributed by atoms with E-state index in [1.54, 1.807) is 0 Å². The fourth-order valence-corrected chi connectivity index (χ4v) is 1.31. The maximum Gasteiger partial charge on any atom is 0.0273 e. The van der Waals surface area contributed by atoms with Gasteiger partial charge in [-0.25, -0.2) is 0 Å². The molecule has 1 atom stereocenters. The minimum Gasteiger partial charge on any atom is -0.103 e. The van der Waals surface area contributed by atoms with E-state index in [1.807, 2.05) is 19.1 Å². The molecular weight excluding hydrogens is 156 g/mol. The van der Waals surface area contributed by atoms with E-state index in [2.05, 4.69) is 44.4 Å². The second kappa shape index (κ2) is 6.47. The van der Waals surface area contributed by atoms with Crippen molar-refractivity contribution in [1.29, 1.82) is 0 Å². The summed E-state index contributed by atoms with van der Waals surface area (Å²) in [6, 6.07) is 0. The third-order valence-corrected chi connectivity index (χ3v) is 2.02. The van der Waals surface area contributed by atoms with Gasteiger partial charge in [0, 0.05) is 5.41 Å². The summed E-state index contributed by atoms with van der Waals surface area (Å²) in [6.45, 7) is 11.8. The van der Waals surface area contributed by atoms with E-state index in [-0.39, 0.29) is 5.41 Å². The third kappa shape index (κ3) is 3.93. The van der Waals surface area contributed by atoms with Crippen molar-refractivity contribution in [2.45, 2.75) is 26.7 Å². The summed E-state index contributed by atoms with van der Waals surface area (Å²) >= 11 is 0. The first kappa shape index (κ1) is 12.0. The molecule has 0 aliphatic heterocycles. The summed E-state index contributed by atoms with van der Waals surface area (Å²) in [5.74, 6) is 0. The lowest BCUT2D eigenvalue weighted by atomic mass is 9.83. The predicted molar refractivity (Wildman–Crippen MR) is 61.7 cm³/mol. The Kier molecular flexibility index (Phi) is 5.96. The molecule has 0 N–H and O–H groups in total. The Balaban J connectivity index is 4.72. The molecule has 0 aromatic rings. The van der Waals surface area contributed by atoms with Gasteiger partial charge in [0.25, 0.3) is 0 Å². The van der Waals surface area contributed by atoms with E-state index in [4.69, 9.17) is 0 Å². The van der Waals surface area contributed by atoms with Gasteiger partial charge in [-0.05, 0) is 19.8 Å². The first-order chi connectivity index (χ1) is 6.24. The summed E-state index contributed by atoms with van der Waals surface area (Å²) in [6.07, 6.45) is 14.5. The molecule has 0 heteroatoms. The van der Waals surface area contributed by atoms with Crippen molar-refractivity contribution in [3.05, 3.63) is 49.6 Å². The van der Waals surface area contributed by atoms with Crippen LogP contribution in [0.5, 0.6) is 0 Å². The first-order valence-corrected chi connectivity index (χ1v) is 4.80. The Labute approximate surface area is 82.4 Å². The van der Waals surface area contributed by atoms with Crippen molar-refractivity contribution in [2.24, 2.45) is 5.41 Å². The number of hydrogen-bond acceptors (Lipinski definition) is 0. The van der Waals surface area contributed by atoms with Crippen LogP contribution < -0.4 is 0 Å². The van der Waals surface area contributed by atoms with Crippen molar-refractivity contribution < 1.29 is 0 Å². The van der Waals surface area contributed by atoms with E-state index in [1.165, 1.54) is 0 Å². The van der Waals surface area contributed by atoms with Crippen molar-refractivity contribution in [1.82, 2.24) is 0 Å². The number of allylic oxidation sites excluding steroid dienone is 6. The molecule has 0 spiro atoms. The van der Waals surface area contributed by atoms with Gasteiger partial charge < -0.3 is 0 Å². The van der Waals surface area contributed by atoms with E-state index in [0.29, 0.717) is 0 Å². The molecule has 72 valence electrons. The van der Waals surface area contributed by atoms with Gasteiger partial charge >= 0.3 is 0 Å². The van der Waals surface area contributed by atoms with Crippen LogP contribution in [0.2, 0.25) is 0 Å². The molecule has 13 heavy (non-hydrogen) atoms. The van der Waals surface area contributed by atoms with E-state index >= 15 is 0 Å². The molecule has 1 unspecified atom stereocenters. The van der Waals surface area contributed by atoms with Crippen molar-refractivity contribution in [2.75, 3.05) is 0 Å². The topological polar surface area (TPSA) is 0 Å². The highest BCUT2D eigenvalue weighted by Gasteiger charge is 2.16. The Morgan fingerprint density at radius 3 is 2.31 bits per heavy atom. The van der Waals surface area contributed by atoms with Gasteiger partial charge in [-0.3, -0.25) is 0 Å². The first-order valence-electron chi connectivity index (χ1n) is 4.80. The molecule has 0 radical (unpaired) electrons. The van der Waals surface area contributed by atoms with Crippen LogP contribution in [0.25, 0.3) is 0 Å². The molecule has 0 aromatic carbocycles. The second-order valence-corrected chi connectivity index (χ2v) is 3.12. The summed E-state index contributed by atoms with van der Waals surface area (Å²) in [5, 5.41) is 0. The summed E-state index contributed by atoms with van der Waals surface area (Å²) < 4.78 is 0. The minimum absolute atomic E-state index is 0.0213. The molecule has 0 heterocycles. The Morgan fingerprint density at radius 1 is 1.23 bits per heavy atom. The fraction of sp³-hybridized carbons (Fsp3) is 0.385. The van der Waals surface area contributed by atoms with Gasteiger partial charge in [0.2, 0.25) is 0 Å². The van der Waals surface area contributed by atoms with Crippen molar-refractivity contribution in [3.8, 4) is 0 Å². The van der Waals surface area contributed by atoms with E-state index in [0.717, 1.165) is 12.8 Å². The van der Waals surface area contributed by atoms with E-state index < -0.39 is 0 Å². The molecule has 0 saturated heterocycles. The van der Waals surface area contributed by atoms with Crippen LogP contribution in [-0.4, -0.2) is 0 Å². The Hall–Kier alpha value is -1.04. The van der Waals surface area contributed by atoms with Gasteiger partial charge in [0.1, 0.15) is 0 Å². The Morgan fingerprint density at radius 2 is 1.92 bits per heavy atom. The third-order valence-electron chi connectivity index (χ3n) is 2.02. The van der Waals surface area contributed by atoms with Gasteiger partial charge in [0.05, 0.1) is 0 Å². The van der Waals surface area contributed by atoms with Crippen LogP contribution in [0.1, 0.15) is 26.7 Å². The summed E-state index contributed by atoms with van der Waals surface area (Å²) in [7, 11) is 0. The molecule has 0 bridgehead atoms. The molecular formula is C13H20. The number of hydrogen-bond donors (Lipinski definition) is 0. The maximum absolute atomic E-state index is 3.87. The lowest BCUT2D eigenvalue weighted by Gasteiger charge is -2.20. The SMILES string of the molecule is C=CCC(C=C)(C=CC)C=CCC. The molecule has 0 nitrogen and oxygen atoms in total. The molecule has 0 aliphatic carbocycles. The quantitative estimate of drug-likeness (QED) is 0.530. The molecule has 0 fully saturated rings. The van der Waals surface area contributed by atoms with Crippen molar-refractivity contribution in [3.63, 3.8) is 0 Å². The second-order valence-electron chi connectivity index (χ2n) is 3.12. The van der Waals surface area contributed by atoms with Gasteiger partial charge in [-0.15, -0.1) is 13.2 Å². The van der Waals surface area contributed by atoms with Crippen LogP contribution >= 0.6 is 0 Å². The maximum atomic E-state index is 3.87. The lowest BCUT2D eigenvalue weighted by molar-refractivity contribution is 0.640. The van der Waals surface area contributed by atoms with Gasteiger partial charge in [-0.2, -0.15) is 0 Å². The average molecular weight is 176 g/mol. The van der Waals surface area contributed by atoms with Crippen LogP contribution in [0.15, 0.2) is 49.6 Å². The smallest absolute Gasteiger partial charge is 0.0273 e. The normalized spacial score (nSPS) is 16.2. The van der Waals surface area contributed by atoms with Crippen molar-refractivity contribution >= 4 is 0 Å². The van der Waals surface area contributed by atoms with Gasteiger partial charge in [0.15, 0.2) is 0 Å². The fourth-order valence-electron chi connectivity index (χ4n) is 1.31. The molecule has 0 amide bonds. The highest BCUT2D eigenvalue weighted by Crippen LogP contribution is 2.28. The summed E-state index contributed by atoms with van der Waals surface area (Å²) in [4.78, 5) is 0. The zero-order chi connectivity index (χ0) is 10.2. The molecule has 0 aliphatic rings. The van der Waals surface area contributed by atoms with E-state index in [9.17, 15) is 0 Å². The minimum atomic E-state index is -0.0213. The zero-order valence-corrected chi connectivity index (χ0v) is 8.79. The van der Waals surface area contributed by atoms with Crippen LogP contribution in [-0.2, 0) is 0 Å². The van der Waals surface area contributed by atoms with Gasteiger partial charge in [-0.1, -0.05) is 43.4 Å². The molecule has 0 rings (SSSR count). The van der Waals surface area contributed by atoms with Crippen LogP contribution in [0, 0.1) is 5.41 Å². The van der Waals surface area contributed by atoms with Crippen LogP contribution in [0.3, 0.4) is 0 Å². The Bertz CT molecular complexity index is 208.